The van der Waals surface area contributed by atoms with Crippen molar-refractivity contribution in [2.24, 2.45) is 0 Å². The highest BCUT2D eigenvalue weighted by Gasteiger charge is 2.37. The van der Waals surface area contributed by atoms with Crippen LogP contribution in [0.5, 0.6) is 5.75 Å². The van der Waals surface area contributed by atoms with Crippen LogP contribution in [0.15, 0.2) is 41.3 Å². The summed E-state index contributed by atoms with van der Waals surface area (Å²) < 4.78 is 110. The van der Waals surface area contributed by atoms with Crippen molar-refractivity contribution in [3.05, 3.63) is 53.1 Å². The van der Waals surface area contributed by atoms with Crippen LogP contribution in [0.25, 0.3) is 0 Å². The maximum atomic E-state index is 12.9. The molecule has 0 aromatic heterocycles. The van der Waals surface area contributed by atoms with Crippen molar-refractivity contribution in [3.8, 4) is 5.75 Å². The quantitative estimate of drug-likeness (QED) is 0.598. The van der Waals surface area contributed by atoms with Crippen molar-refractivity contribution < 1.29 is 44.3 Å². The predicted molar refractivity (Wildman–Crippen MR) is 103 cm³/mol. The van der Waals surface area contributed by atoms with E-state index in [1.165, 1.54) is 25.3 Å². The van der Waals surface area contributed by atoms with E-state index in [1.807, 2.05) is 10.0 Å². The lowest BCUT2D eigenvalue weighted by Gasteiger charge is -2.17. The smallest absolute Gasteiger partial charge is 0.416 e. The number of ether oxygens (including phenoxy) is 1. The van der Waals surface area contributed by atoms with Gasteiger partial charge in [-0.05, 0) is 55.8 Å². The van der Waals surface area contributed by atoms with Gasteiger partial charge in [0.2, 0.25) is 15.9 Å². The van der Waals surface area contributed by atoms with E-state index in [1.54, 1.807) is 6.92 Å². The Hall–Kier alpha value is -2.80. The van der Waals surface area contributed by atoms with Crippen LogP contribution < -0.4 is 14.8 Å². The number of amides is 1. The Balaban J connectivity index is 2.26. The molecule has 1 amide bonds. The normalized spacial score (nSPS) is 13.5. The molecule has 32 heavy (non-hydrogen) atoms. The first kappa shape index (κ1) is 25.5. The molecule has 2 aromatic rings. The highest BCUT2D eigenvalue weighted by Crippen LogP contribution is 2.37. The van der Waals surface area contributed by atoms with E-state index in [-0.39, 0.29) is 11.0 Å². The first-order chi connectivity index (χ1) is 14.5. The first-order valence-electron chi connectivity index (χ1n) is 8.82. The Morgan fingerprint density at radius 2 is 1.50 bits per heavy atom. The molecule has 2 aromatic carbocycles. The molecule has 0 aliphatic carbocycles. The van der Waals surface area contributed by atoms with Crippen molar-refractivity contribution in [2.75, 3.05) is 12.4 Å². The van der Waals surface area contributed by atoms with E-state index < -0.39 is 51.1 Å². The van der Waals surface area contributed by atoms with Crippen molar-refractivity contribution in [1.29, 1.82) is 0 Å². The van der Waals surface area contributed by atoms with E-state index in [0.717, 1.165) is 6.92 Å². The summed E-state index contributed by atoms with van der Waals surface area (Å²) >= 11 is 0. The molecule has 0 radical (unpaired) electrons. The molecule has 0 aliphatic heterocycles. The molecule has 0 saturated carbocycles. The Morgan fingerprint density at radius 1 is 0.969 bits per heavy atom. The molecule has 1 atom stereocenters. The molecule has 2 rings (SSSR count). The minimum atomic E-state index is -5.10. The minimum absolute atomic E-state index is 0.0895. The van der Waals surface area contributed by atoms with E-state index in [0.29, 0.717) is 23.4 Å². The van der Waals surface area contributed by atoms with E-state index in [2.05, 4.69) is 0 Å². The van der Waals surface area contributed by atoms with Crippen molar-refractivity contribution in [2.45, 2.75) is 37.1 Å². The van der Waals surface area contributed by atoms with Gasteiger partial charge in [0.15, 0.2) is 0 Å². The summed E-state index contributed by atoms with van der Waals surface area (Å²) in [6.07, 6.45) is -10.2. The number of carbonyl (C=O) groups is 1. The highest BCUT2D eigenvalue weighted by atomic mass is 32.2. The molecule has 6 nitrogen and oxygen atoms in total. The van der Waals surface area contributed by atoms with Gasteiger partial charge in [0.05, 0.1) is 29.2 Å². The molecule has 0 fully saturated rings. The van der Waals surface area contributed by atoms with Gasteiger partial charge in [-0.3, -0.25) is 4.79 Å². The monoisotopic (exact) mass is 484 g/mol. The molecular formula is C19H18F6N2O4S. The van der Waals surface area contributed by atoms with Crippen LogP contribution in [0.3, 0.4) is 0 Å². The lowest BCUT2D eigenvalue weighted by atomic mass is 10.1. The molecule has 176 valence electrons. The Bertz CT molecular complexity index is 1080. The maximum absolute atomic E-state index is 12.9. The number of benzene rings is 2. The van der Waals surface area contributed by atoms with Crippen LogP contribution in [-0.4, -0.2) is 27.5 Å². The predicted octanol–water partition coefficient (Wildman–Crippen LogP) is 4.35. The fourth-order valence-electron chi connectivity index (χ4n) is 2.65. The maximum Gasteiger partial charge on any atom is 0.416 e. The van der Waals surface area contributed by atoms with Gasteiger partial charge in [-0.15, -0.1) is 0 Å². The molecule has 0 heterocycles. The van der Waals surface area contributed by atoms with Crippen LogP contribution in [0.4, 0.5) is 32.0 Å². The zero-order chi connectivity index (χ0) is 24.5. The number of aryl methyl sites for hydroxylation is 1. The molecule has 0 unspecified atom stereocenters. The van der Waals surface area contributed by atoms with E-state index in [4.69, 9.17) is 4.74 Å². The third-order valence-electron chi connectivity index (χ3n) is 4.26. The molecule has 0 bridgehead atoms. The fourth-order valence-corrected chi connectivity index (χ4v) is 3.94. The van der Waals surface area contributed by atoms with Crippen LogP contribution >= 0.6 is 0 Å². The second kappa shape index (κ2) is 8.98. The Labute approximate surface area is 179 Å². The number of hydrogen-bond donors (Lipinski definition) is 2. The largest absolute Gasteiger partial charge is 0.496 e. The molecule has 13 heteroatoms. The van der Waals surface area contributed by atoms with Crippen LogP contribution in [0, 0.1) is 6.92 Å². The average Bonchev–Trinajstić information content (AvgIpc) is 2.65. The number of hydrogen-bond acceptors (Lipinski definition) is 4. The number of rotatable bonds is 6. The average molecular weight is 484 g/mol. The lowest BCUT2D eigenvalue weighted by molar-refractivity contribution is -0.143. The summed E-state index contributed by atoms with van der Waals surface area (Å²) in [5, 5.41) is 1.88. The minimum Gasteiger partial charge on any atom is -0.496 e. The number of methoxy groups -OCH3 is 1. The van der Waals surface area contributed by atoms with Crippen molar-refractivity contribution in [1.82, 2.24) is 4.72 Å². The number of anilines is 1. The standard InChI is InChI=1S/C19H18F6N2O4S/c1-10-6-15(4-5-16(10)31-3)32(29,30)27-11(2)17(28)26-14-8-12(18(20,21)22)7-13(9-14)19(23,24)25/h4-9,11,27H,1-3H3,(H,26,28)/t11-/m1/s1. The van der Waals surface area contributed by atoms with Crippen molar-refractivity contribution >= 4 is 21.6 Å². The number of nitrogens with one attached hydrogen (secondary N) is 2. The van der Waals surface area contributed by atoms with Gasteiger partial charge < -0.3 is 10.1 Å². The van der Waals surface area contributed by atoms with Crippen LogP contribution in [-0.2, 0) is 27.2 Å². The Morgan fingerprint density at radius 3 is 1.94 bits per heavy atom. The van der Waals surface area contributed by atoms with Gasteiger partial charge >= 0.3 is 12.4 Å². The summed E-state index contributed by atoms with van der Waals surface area (Å²) in [5.41, 5.74) is -3.55. The van der Waals surface area contributed by atoms with Gasteiger partial charge in [-0.1, -0.05) is 0 Å². The summed E-state index contributed by atoms with van der Waals surface area (Å²) in [7, 11) is -2.85. The lowest BCUT2D eigenvalue weighted by Crippen LogP contribution is -2.41. The SMILES string of the molecule is COc1ccc(S(=O)(=O)N[C@H](C)C(=O)Nc2cc(C(F)(F)F)cc(C(F)(F)F)c2)cc1C. The molecule has 0 spiro atoms. The summed E-state index contributed by atoms with van der Waals surface area (Å²) in [5.74, 6) is -0.744. The summed E-state index contributed by atoms with van der Waals surface area (Å²) in [6, 6.07) is 2.90. The third-order valence-corrected chi connectivity index (χ3v) is 5.80. The highest BCUT2D eigenvalue weighted by molar-refractivity contribution is 7.89. The van der Waals surface area contributed by atoms with E-state index in [9.17, 15) is 39.6 Å². The molecule has 0 aliphatic rings. The number of halogens is 6. The van der Waals surface area contributed by atoms with Gasteiger partial charge in [0.25, 0.3) is 0 Å². The number of carbonyl (C=O) groups excluding carboxylic acids is 1. The van der Waals surface area contributed by atoms with Crippen molar-refractivity contribution in [3.63, 3.8) is 0 Å². The third kappa shape index (κ3) is 6.13. The summed E-state index contributed by atoms with van der Waals surface area (Å²) in [6.45, 7) is 2.67. The van der Waals surface area contributed by atoms with Gasteiger partial charge in [-0.2, -0.15) is 31.1 Å². The second-order valence-electron chi connectivity index (χ2n) is 6.76. The fraction of sp³-hybridized carbons (Fsp3) is 0.316. The summed E-state index contributed by atoms with van der Waals surface area (Å²) in [4.78, 5) is 12.1. The van der Waals surface area contributed by atoms with Crippen LogP contribution in [0.2, 0.25) is 0 Å². The molecule has 0 saturated heterocycles. The Kier molecular flexibility index (Phi) is 7.15. The number of sulfonamides is 1. The topological polar surface area (TPSA) is 84.5 Å². The van der Waals surface area contributed by atoms with Gasteiger partial charge in [0, 0.05) is 5.69 Å². The molecular weight excluding hydrogens is 466 g/mol. The van der Waals surface area contributed by atoms with E-state index >= 15 is 0 Å². The van der Waals surface area contributed by atoms with Gasteiger partial charge in [-0.25, -0.2) is 8.42 Å². The van der Waals surface area contributed by atoms with Crippen LogP contribution in [0.1, 0.15) is 23.6 Å². The second-order valence-corrected chi connectivity index (χ2v) is 8.47. The zero-order valence-electron chi connectivity index (χ0n) is 16.9. The zero-order valence-corrected chi connectivity index (χ0v) is 17.7. The van der Waals surface area contributed by atoms with Gasteiger partial charge in [0.1, 0.15) is 5.75 Å². The molecule has 2 N–H and O–H groups in total. The first-order valence-corrected chi connectivity index (χ1v) is 10.3. The number of alkyl halides is 6.